The van der Waals surface area contributed by atoms with Crippen LogP contribution in [0.4, 0.5) is 5.69 Å². The van der Waals surface area contributed by atoms with Crippen molar-refractivity contribution in [2.24, 2.45) is 0 Å². The summed E-state index contributed by atoms with van der Waals surface area (Å²) in [6.07, 6.45) is 0. The van der Waals surface area contributed by atoms with Gasteiger partial charge in [0.2, 0.25) is 0 Å². The summed E-state index contributed by atoms with van der Waals surface area (Å²) in [5.74, 6) is 2.09. The minimum atomic E-state index is 0.689. The second kappa shape index (κ2) is 5.74. The monoisotopic (exact) mass is 273 g/mol. The SMILES string of the molecule is COc1cc(OC)c(-c2ccc(N)c(C)c2)c(OC)c1. The first-order valence-electron chi connectivity index (χ1n) is 6.27. The molecule has 0 heterocycles. The molecule has 0 spiro atoms. The van der Waals surface area contributed by atoms with E-state index in [2.05, 4.69) is 0 Å². The highest BCUT2D eigenvalue weighted by molar-refractivity contribution is 5.79. The van der Waals surface area contributed by atoms with Crippen molar-refractivity contribution in [1.29, 1.82) is 0 Å². The van der Waals surface area contributed by atoms with Crippen LogP contribution in [0.25, 0.3) is 11.1 Å². The molecule has 0 bridgehead atoms. The lowest BCUT2D eigenvalue weighted by molar-refractivity contribution is 0.377. The van der Waals surface area contributed by atoms with Crippen LogP contribution in [0.1, 0.15) is 5.56 Å². The number of nitrogens with two attached hydrogens (primary N) is 1. The van der Waals surface area contributed by atoms with E-state index >= 15 is 0 Å². The van der Waals surface area contributed by atoms with Crippen LogP contribution in [0.5, 0.6) is 17.2 Å². The number of anilines is 1. The molecular weight excluding hydrogens is 254 g/mol. The fraction of sp³-hybridized carbons (Fsp3) is 0.250. The van der Waals surface area contributed by atoms with Crippen molar-refractivity contribution in [1.82, 2.24) is 0 Å². The van der Waals surface area contributed by atoms with Crippen LogP contribution in [0.3, 0.4) is 0 Å². The maximum atomic E-state index is 5.87. The Labute approximate surface area is 119 Å². The molecule has 2 rings (SSSR count). The topological polar surface area (TPSA) is 53.7 Å². The summed E-state index contributed by atoms with van der Waals surface area (Å²) >= 11 is 0. The third-order valence-corrected chi connectivity index (χ3v) is 3.27. The molecule has 2 aromatic carbocycles. The van der Waals surface area contributed by atoms with Crippen molar-refractivity contribution in [2.75, 3.05) is 27.1 Å². The zero-order valence-electron chi connectivity index (χ0n) is 12.2. The van der Waals surface area contributed by atoms with Gasteiger partial charge in [-0.05, 0) is 30.2 Å². The van der Waals surface area contributed by atoms with Crippen LogP contribution in [0, 0.1) is 6.92 Å². The Morgan fingerprint density at radius 3 is 1.90 bits per heavy atom. The van der Waals surface area contributed by atoms with Crippen LogP contribution in [-0.4, -0.2) is 21.3 Å². The lowest BCUT2D eigenvalue weighted by Crippen LogP contribution is -1.96. The van der Waals surface area contributed by atoms with Crippen molar-refractivity contribution in [3.63, 3.8) is 0 Å². The molecule has 4 heteroatoms. The molecule has 20 heavy (non-hydrogen) atoms. The van der Waals surface area contributed by atoms with Crippen LogP contribution in [0.2, 0.25) is 0 Å². The van der Waals surface area contributed by atoms with E-state index in [9.17, 15) is 0 Å². The normalized spacial score (nSPS) is 10.2. The Bertz CT molecular complexity index is 598. The summed E-state index contributed by atoms with van der Waals surface area (Å²) < 4.78 is 16.2. The van der Waals surface area contributed by atoms with E-state index < -0.39 is 0 Å². The first-order valence-corrected chi connectivity index (χ1v) is 6.27. The predicted molar refractivity (Wildman–Crippen MR) is 80.7 cm³/mol. The van der Waals surface area contributed by atoms with Crippen molar-refractivity contribution in [3.8, 4) is 28.4 Å². The number of rotatable bonds is 4. The first-order chi connectivity index (χ1) is 9.60. The van der Waals surface area contributed by atoms with Crippen LogP contribution in [-0.2, 0) is 0 Å². The fourth-order valence-corrected chi connectivity index (χ4v) is 2.12. The lowest BCUT2D eigenvalue weighted by atomic mass is 10.00. The lowest BCUT2D eigenvalue weighted by Gasteiger charge is -2.16. The largest absolute Gasteiger partial charge is 0.496 e. The second-order valence-corrected chi connectivity index (χ2v) is 4.48. The van der Waals surface area contributed by atoms with E-state index in [4.69, 9.17) is 19.9 Å². The van der Waals surface area contributed by atoms with Gasteiger partial charge < -0.3 is 19.9 Å². The molecule has 0 amide bonds. The van der Waals surface area contributed by atoms with Gasteiger partial charge in [-0.2, -0.15) is 0 Å². The van der Waals surface area contributed by atoms with E-state index in [0.29, 0.717) is 17.2 Å². The Hall–Kier alpha value is -2.36. The Kier molecular flexibility index (Phi) is 4.03. The highest BCUT2D eigenvalue weighted by atomic mass is 16.5. The van der Waals surface area contributed by atoms with Crippen LogP contribution in [0.15, 0.2) is 30.3 Å². The average Bonchev–Trinajstić information content (AvgIpc) is 2.48. The van der Waals surface area contributed by atoms with Crippen molar-refractivity contribution in [2.45, 2.75) is 6.92 Å². The van der Waals surface area contributed by atoms with Gasteiger partial charge in [0.25, 0.3) is 0 Å². The van der Waals surface area contributed by atoms with Gasteiger partial charge in [-0.3, -0.25) is 0 Å². The van der Waals surface area contributed by atoms with Gasteiger partial charge in [-0.1, -0.05) is 6.07 Å². The van der Waals surface area contributed by atoms with Crippen LogP contribution < -0.4 is 19.9 Å². The fourth-order valence-electron chi connectivity index (χ4n) is 2.12. The average molecular weight is 273 g/mol. The predicted octanol–water partition coefficient (Wildman–Crippen LogP) is 3.27. The summed E-state index contributed by atoms with van der Waals surface area (Å²) in [6.45, 7) is 1.97. The number of nitrogen functional groups attached to an aromatic ring is 1. The number of ether oxygens (including phenoxy) is 3. The van der Waals surface area contributed by atoms with Crippen LogP contribution >= 0.6 is 0 Å². The minimum absolute atomic E-state index is 0.689. The van der Waals surface area contributed by atoms with Gasteiger partial charge in [0.05, 0.1) is 26.9 Å². The summed E-state index contributed by atoms with van der Waals surface area (Å²) in [6, 6.07) is 9.53. The summed E-state index contributed by atoms with van der Waals surface area (Å²) in [5.41, 5.74) is 9.53. The smallest absolute Gasteiger partial charge is 0.134 e. The number of aryl methyl sites for hydroxylation is 1. The highest BCUT2D eigenvalue weighted by Crippen LogP contribution is 2.42. The summed E-state index contributed by atoms with van der Waals surface area (Å²) in [7, 11) is 4.87. The van der Waals surface area contributed by atoms with Gasteiger partial charge in [0.1, 0.15) is 17.2 Å². The van der Waals surface area contributed by atoms with E-state index in [1.807, 2.05) is 37.3 Å². The number of methoxy groups -OCH3 is 3. The minimum Gasteiger partial charge on any atom is -0.496 e. The standard InChI is InChI=1S/C16H19NO3/c1-10-7-11(5-6-13(10)17)16-14(19-3)8-12(18-2)9-15(16)20-4/h5-9H,17H2,1-4H3. The number of hydrogen-bond acceptors (Lipinski definition) is 4. The molecule has 0 aliphatic carbocycles. The van der Waals surface area contributed by atoms with E-state index in [1.54, 1.807) is 21.3 Å². The summed E-state index contributed by atoms with van der Waals surface area (Å²) in [5, 5.41) is 0. The first kappa shape index (κ1) is 14.1. The van der Waals surface area contributed by atoms with Crippen molar-refractivity contribution >= 4 is 5.69 Å². The molecule has 0 saturated heterocycles. The van der Waals surface area contributed by atoms with Gasteiger partial charge in [-0.15, -0.1) is 0 Å². The molecule has 2 N–H and O–H groups in total. The third kappa shape index (κ3) is 2.50. The number of hydrogen-bond donors (Lipinski definition) is 1. The molecule has 0 aliphatic heterocycles. The third-order valence-electron chi connectivity index (χ3n) is 3.27. The van der Waals surface area contributed by atoms with Gasteiger partial charge in [0.15, 0.2) is 0 Å². The quantitative estimate of drug-likeness (QED) is 0.869. The molecule has 4 nitrogen and oxygen atoms in total. The van der Waals surface area contributed by atoms with Gasteiger partial charge >= 0.3 is 0 Å². The Balaban J connectivity index is 2.67. The summed E-state index contributed by atoms with van der Waals surface area (Å²) in [4.78, 5) is 0. The molecule has 0 aliphatic rings. The number of benzene rings is 2. The highest BCUT2D eigenvalue weighted by Gasteiger charge is 2.15. The zero-order valence-corrected chi connectivity index (χ0v) is 12.2. The van der Waals surface area contributed by atoms with Crippen molar-refractivity contribution < 1.29 is 14.2 Å². The maximum Gasteiger partial charge on any atom is 0.134 e. The van der Waals surface area contributed by atoms with Gasteiger partial charge in [-0.25, -0.2) is 0 Å². The second-order valence-electron chi connectivity index (χ2n) is 4.48. The maximum absolute atomic E-state index is 5.87. The van der Waals surface area contributed by atoms with Crippen molar-refractivity contribution in [3.05, 3.63) is 35.9 Å². The molecule has 0 saturated carbocycles. The molecule has 0 aromatic heterocycles. The zero-order chi connectivity index (χ0) is 14.7. The van der Waals surface area contributed by atoms with E-state index in [0.717, 1.165) is 22.4 Å². The molecule has 0 unspecified atom stereocenters. The molecule has 2 aromatic rings. The molecule has 0 fully saturated rings. The van der Waals surface area contributed by atoms with Gasteiger partial charge in [0, 0.05) is 17.8 Å². The molecule has 0 radical (unpaired) electrons. The van der Waals surface area contributed by atoms with E-state index in [-0.39, 0.29) is 0 Å². The Morgan fingerprint density at radius 1 is 0.850 bits per heavy atom. The van der Waals surface area contributed by atoms with E-state index in [1.165, 1.54) is 0 Å². The Morgan fingerprint density at radius 2 is 1.45 bits per heavy atom. The molecule has 0 atom stereocenters. The molecule has 106 valence electrons. The molecular formula is C16H19NO3.